The second-order valence-electron chi connectivity index (χ2n) is 9.00. The third-order valence-electron chi connectivity index (χ3n) is 6.03. The molecule has 0 saturated heterocycles. The summed E-state index contributed by atoms with van der Waals surface area (Å²) in [5.41, 5.74) is 3.09. The molecule has 0 spiro atoms. The molecule has 4 amide bonds. The number of nitrogens with one attached hydrogen (secondary N) is 3. The van der Waals surface area contributed by atoms with E-state index in [1.54, 1.807) is 17.0 Å². The maximum Gasteiger partial charge on any atom is 0.326 e. The normalized spacial score (nSPS) is 10.3. The van der Waals surface area contributed by atoms with Crippen LogP contribution in [-0.2, 0) is 0 Å². The Bertz CT molecular complexity index is 1380. The molecule has 3 N–H and O–H groups in total. The highest BCUT2D eigenvalue weighted by Crippen LogP contribution is 2.25. The smallest absolute Gasteiger partial charge is 0.326 e. The van der Waals surface area contributed by atoms with Crippen molar-refractivity contribution in [2.45, 2.75) is 20.3 Å². The molecule has 0 aliphatic heterocycles. The van der Waals surface area contributed by atoms with Gasteiger partial charge >= 0.3 is 12.1 Å². The molecule has 0 atom stereocenters. The van der Waals surface area contributed by atoms with Gasteiger partial charge in [-0.05, 0) is 92.6 Å². The number of benzene rings is 4. The van der Waals surface area contributed by atoms with Gasteiger partial charge in [-0.25, -0.2) is 9.59 Å². The molecule has 4 aromatic carbocycles. The summed E-state index contributed by atoms with van der Waals surface area (Å²) in [6.07, 6.45) is 0.542. The van der Waals surface area contributed by atoms with E-state index < -0.39 is 0 Å². The van der Waals surface area contributed by atoms with E-state index in [4.69, 9.17) is 9.47 Å². The number of anilines is 3. The fraction of sp³-hybridized carbons (Fsp3) is 0.188. The molecule has 206 valence electrons. The molecule has 8 nitrogen and oxygen atoms in total. The van der Waals surface area contributed by atoms with E-state index in [1.165, 1.54) is 0 Å². The van der Waals surface area contributed by atoms with Gasteiger partial charge in [-0.1, -0.05) is 36.4 Å². The highest BCUT2D eigenvalue weighted by Gasteiger charge is 2.17. The number of hydrogen-bond acceptors (Lipinski definition) is 4. The van der Waals surface area contributed by atoms with Crippen molar-refractivity contribution in [3.63, 3.8) is 0 Å². The van der Waals surface area contributed by atoms with Gasteiger partial charge in [-0.2, -0.15) is 0 Å². The highest BCUT2D eigenvalue weighted by atomic mass is 16.5. The second-order valence-corrected chi connectivity index (χ2v) is 9.00. The predicted molar refractivity (Wildman–Crippen MR) is 160 cm³/mol. The summed E-state index contributed by atoms with van der Waals surface area (Å²) in [6, 6.07) is 31.1. The molecule has 4 rings (SSSR count). The Kier molecular flexibility index (Phi) is 9.99. The van der Waals surface area contributed by atoms with Crippen molar-refractivity contribution in [1.82, 2.24) is 5.32 Å². The first kappa shape index (κ1) is 28.0. The van der Waals surface area contributed by atoms with E-state index in [2.05, 4.69) is 16.0 Å². The van der Waals surface area contributed by atoms with Crippen molar-refractivity contribution in [1.29, 1.82) is 0 Å². The molecule has 0 fully saturated rings. The fourth-order valence-corrected chi connectivity index (χ4v) is 3.98. The van der Waals surface area contributed by atoms with Crippen LogP contribution < -0.4 is 30.3 Å². The molecule has 0 saturated carbocycles. The molecule has 4 aromatic rings. The van der Waals surface area contributed by atoms with Gasteiger partial charge < -0.3 is 25.4 Å². The zero-order valence-electron chi connectivity index (χ0n) is 22.7. The number of amides is 4. The van der Waals surface area contributed by atoms with E-state index in [1.807, 2.05) is 105 Å². The van der Waals surface area contributed by atoms with Gasteiger partial charge in [-0.3, -0.25) is 4.90 Å². The number of urea groups is 2. The van der Waals surface area contributed by atoms with Crippen LogP contribution in [0.25, 0.3) is 0 Å². The highest BCUT2D eigenvalue weighted by molar-refractivity contribution is 6.01. The van der Waals surface area contributed by atoms with Crippen molar-refractivity contribution in [3.8, 4) is 17.2 Å². The topological polar surface area (TPSA) is 91.9 Å². The van der Waals surface area contributed by atoms with Crippen LogP contribution in [0.1, 0.15) is 18.9 Å². The maximum atomic E-state index is 13.4. The van der Waals surface area contributed by atoms with Gasteiger partial charge in [0, 0.05) is 30.2 Å². The second kappa shape index (κ2) is 14.2. The van der Waals surface area contributed by atoms with E-state index in [0.29, 0.717) is 43.2 Å². The first-order valence-electron chi connectivity index (χ1n) is 13.3. The largest absolute Gasteiger partial charge is 0.494 e. The minimum atomic E-state index is -0.290. The van der Waals surface area contributed by atoms with Gasteiger partial charge in [-0.15, -0.1) is 0 Å². The number of aryl methyl sites for hydroxylation is 1. The molecule has 0 aliphatic carbocycles. The van der Waals surface area contributed by atoms with E-state index >= 15 is 0 Å². The Labute approximate surface area is 234 Å². The summed E-state index contributed by atoms with van der Waals surface area (Å²) in [4.78, 5) is 27.4. The third kappa shape index (κ3) is 8.26. The zero-order valence-corrected chi connectivity index (χ0v) is 22.7. The zero-order chi connectivity index (χ0) is 28.2. The number of nitrogens with zero attached hydrogens (tertiary/aromatic N) is 1. The van der Waals surface area contributed by atoms with Gasteiger partial charge in [0.1, 0.15) is 17.2 Å². The average molecular weight is 539 g/mol. The van der Waals surface area contributed by atoms with E-state index in [-0.39, 0.29) is 12.1 Å². The van der Waals surface area contributed by atoms with Crippen molar-refractivity contribution >= 4 is 29.1 Å². The van der Waals surface area contributed by atoms with Crippen molar-refractivity contribution in [3.05, 3.63) is 109 Å². The number of para-hydroxylation sites is 2. The van der Waals surface area contributed by atoms with Crippen molar-refractivity contribution in [2.24, 2.45) is 0 Å². The van der Waals surface area contributed by atoms with Crippen LogP contribution in [0.15, 0.2) is 103 Å². The summed E-state index contributed by atoms with van der Waals surface area (Å²) in [5, 5.41) is 8.68. The molecular weight excluding hydrogens is 504 g/mol. The lowest BCUT2D eigenvalue weighted by Gasteiger charge is -2.24. The quantitative estimate of drug-likeness (QED) is 0.173. The van der Waals surface area contributed by atoms with Gasteiger partial charge in [0.05, 0.1) is 6.61 Å². The third-order valence-corrected chi connectivity index (χ3v) is 6.03. The fourth-order valence-electron chi connectivity index (χ4n) is 3.98. The monoisotopic (exact) mass is 538 g/mol. The van der Waals surface area contributed by atoms with Crippen LogP contribution in [0.3, 0.4) is 0 Å². The molecule has 0 bridgehead atoms. The first-order valence-corrected chi connectivity index (χ1v) is 13.3. The van der Waals surface area contributed by atoms with Crippen LogP contribution in [0.5, 0.6) is 17.2 Å². The lowest BCUT2D eigenvalue weighted by Crippen LogP contribution is -2.38. The average Bonchev–Trinajstić information content (AvgIpc) is 2.96. The summed E-state index contributed by atoms with van der Waals surface area (Å²) >= 11 is 0. The number of hydrogen-bond donors (Lipinski definition) is 3. The minimum absolute atomic E-state index is 0.287. The Morgan fingerprint density at radius 2 is 1.40 bits per heavy atom. The SMILES string of the molecule is CCOc1ccc(NC(=O)N(CCCNC(=O)Nc2ccccc2C)c2ccc(Oc3ccccc3)cc2)cc1. The van der Waals surface area contributed by atoms with Gasteiger partial charge in [0.15, 0.2) is 0 Å². The van der Waals surface area contributed by atoms with Crippen LogP contribution in [0, 0.1) is 6.92 Å². The van der Waals surface area contributed by atoms with Crippen LogP contribution in [-0.4, -0.2) is 31.8 Å². The number of ether oxygens (including phenoxy) is 2. The Morgan fingerprint density at radius 1 is 0.750 bits per heavy atom. The van der Waals surface area contributed by atoms with Gasteiger partial charge in [0.25, 0.3) is 0 Å². The van der Waals surface area contributed by atoms with Gasteiger partial charge in [0.2, 0.25) is 0 Å². The Hall–Kier alpha value is -4.98. The standard InChI is InChI=1S/C32H34N4O4/c1-3-39-27-18-14-25(15-19-27)34-32(38)36(23-9-22-33-31(37)35-30-13-8-7-10-24(30)2)26-16-20-29(21-17-26)40-28-11-5-4-6-12-28/h4-8,10-21H,3,9,22-23H2,1-2H3,(H,34,38)(H2,33,35,37). The van der Waals surface area contributed by atoms with Crippen LogP contribution in [0.2, 0.25) is 0 Å². The molecule has 40 heavy (non-hydrogen) atoms. The number of carbonyl (C=O) groups is 2. The molecular formula is C32H34N4O4. The van der Waals surface area contributed by atoms with Crippen molar-refractivity contribution in [2.75, 3.05) is 35.2 Å². The molecule has 0 heterocycles. The van der Waals surface area contributed by atoms with E-state index in [0.717, 1.165) is 22.7 Å². The summed E-state index contributed by atoms with van der Waals surface area (Å²) in [6.45, 7) is 5.20. The Balaban J connectivity index is 1.40. The number of rotatable bonds is 11. The van der Waals surface area contributed by atoms with E-state index in [9.17, 15) is 9.59 Å². The molecule has 0 radical (unpaired) electrons. The number of carbonyl (C=O) groups excluding carboxylic acids is 2. The van der Waals surface area contributed by atoms with Crippen molar-refractivity contribution < 1.29 is 19.1 Å². The summed E-state index contributed by atoms with van der Waals surface area (Å²) in [7, 11) is 0. The molecule has 0 aliphatic rings. The predicted octanol–water partition coefficient (Wildman–Crippen LogP) is 7.44. The first-order chi connectivity index (χ1) is 19.5. The molecule has 0 unspecified atom stereocenters. The minimum Gasteiger partial charge on any atom is -0.494 e. The Morgan fingerprint density at radius 3 is 2.10 bits per heavy atom. The summed E-state index contributed by atoms with van der Waals surface area (Å²) < 4.78 is 11.4. The van der Waals surface area contributed by atoms with Crippen LogP contribution in [0.4, 0.5) is 26.7 Å². The summed E-state index contributed by atoms with van der Waals surface area (Å²) in [5.74, 6) is 2.13. The lowest BCUT2D eigenvalue weighted by molar-refractivity contribution is 0.252. The maximum absolute atomic E-state index is 13.4. The molecule has 0 aromatic heterocycles. The lowest BCUT2D eigenvalue weighted by atomic mass is 10.2. The molecule has 8 heteroatoms. The van der Waals surface area contributed by atoms with Crippen LogP contribution >= 0.6 is 0 Å².